The van der Waals surface area contributed by atoms with Gasteiger partial charge in [-0.3, -0.25) is 0 Å². The standard InChI is InChI=1S/C14H19N5S/c1-2-12-16-14(20-17-12)19-9-5-8-18(10-11-19)13-6-3-4-7-15-13/h3-4,6-7H,2,5,8-11H2,1H3. The minimum absolute atomic E-state index is 0.907. The zero-order chi connectivity index (χ0) is 13.8. The molecule has 3 rings (SSSR count). The van der Waals surface area contributed by atoms with Crippen LogP contribution in [0.25, 0.3) is 0 Å². The van der Waals surface area contributed by atoms with Gasteiger partial charge in [0.1, 0.15) is 11.6 Å². The van der Waals surface area contributed by atoms with Gasteiger partial charge in [-0.1, -0.05) is 13.0 Å². The Morgan fingerprint density at radius 2 is 2.00 bits per heavy atom. The third-order valence-corrected chi connectivity index (χ3v) is 4.33. The molecule has 0 unspecified atom stereocenters. The maximum atomic E-state index is 4.59. The van der Waals surface area contributed by atoms with Gasteiger partial charge in [0.25, 0.3) is 0 Å². The maximum Gasteiger partial charge on any atom is 0.205 e. The summed E-state index contributed by atoms with van der Waals surface area (Å²) in [5.74, 6) is 2.02. The highest BCUT2D eigenvalue weighted by molar-refractivity contribution is 7.09. The second kappa shape index (κ2) is 6.17. The van der Waals surface area contributed by atoms with Crippen molar-refractivity contribution in [2.75, 3.05) is 36.0 Å². The summed E-state index contributed by atoms with van der Waals surface area (Å²) >= 11 is 1.52. The minimum Gasteiger partial charge on any atom is -0.355 e. The first-order chi connectivity index (χ1) is 9.86. The molecule has 0 aliphatic carbocycles. The minimum atomic E-state index is 0.907. The molecule has 1 aliphatic heterocycles. The molecule has 0 saturated carbocycles. The Kier molecular flexibility index (Phi) is 4.11. The van der Waals surface area contributed by atoms with E-state index in [9.17, 15) is 0 Å². The van der Waals surface area contributed by atoms with Crippen LogP contribution in [0.5, 0.6) is 0 Å². The molecule has 0 amide bonds. The molecular formula is C14H19N5S. The van der Waals surface area contributed by atoms with Gasteiger partial charge in [0.2, 0.25) is 5.13 Å². The van der Waals surface area contributed by atoms with Crippen molar-refractivity contribution in [3.8, 4) is 0 Å². The van der Waals surface area contributed by atoms with Gasteiger partial charge in [0.05, 0.1) is 0 Å². The number of pyridine rings is 1. The predicted molar refractivity (Wildman–Crippen MR) is 82.6 cm³/mol. The fourth-order valence-corrected chi connectivity index (χ4v) is 3.20. The molecule has 3 heterocycles. The summed E-state index contributed by atoms with van der Waals surface area (Å²) in [5, 5.41) is 1.06. The first kappa shape index (κ1) is 13.3. The van der Waals surface area contributed by atoms with Crippen molar-refractivity contribution < 1.29 is 0 Å². The molecule has 0 spiro atoms. The lowest BCUT2D eigenvalue weighted by molar-refractivity contribution is 0.796. The van der Waals surface area contributed by atoms with E-state index in [4.69, 9.17) is 0 Å². The van der Waals surface area contributed by atoms with E-state index in [1.165, 1.54) is 11.5 Å². The van der Waals surface area contributed by atoms with Crippen LogP contribution in [0, 0.1) is 0 Å². The normalized spacial score (nSPS) is 16.2. The lowest BCUT2D eigenvalue weighted by Crippen LogP contribution is -2.31. The monoisotopic (exact) mass is 289 g/mol. The van der Waals surface area contributed by atoms with Crippen LogP contribution in [0.2, 0.25) is 0 Å². The molecule has 1 saturated heterocycles. The Hall–Kier alpha value is -1.69. The van der Waals surface area contributed by atoms with E-state index in [0.717, 1.165) is 55.8 Å². The first-order valence-corrected chi connectivity index (χ1v) is 7.87. The number of anilines is 2. The van der Waals surface area contributed by atoms with Crippen LogP contribution < -0.4 is 9.80 Å². The van der Waals surface area contributed by atoms with E-state index in [2.05, 4.69) is 37.1 Å². The first-order valence-electron chi connectivity index (χ1n) is 7.10. The molecule has 0 atom stereocenters. The van der Waals surface area contributed by atoms with E-state index < -0.39 is 0 Å². The molecule has 1 fully saturated rings. The Bertz CT molecular complexity index is 542. The molecule has 2 aromatic rings. The summed E-state index contributed by atoms with van der Waals surface area (Å²) in [7, 11) is 0. The van der Waals surface area contributed by atoms with Crippen molar-refractivity contribution in [1.29, 1.82) is 0 Å². The quantitative estimate of drug-likeness (QED) is 0.867. The van der Waals surface area contributed by atoms with E-state index in [0.29, 0.717) is 0 Å². The Labute approximate surface area is 123 Å². The highest BCUT2D eigenvalue weighted by Gasteiger charge is 2.18. The van der Waals surface area contributed by atoms with Crippen molar-refractivity contribution >= 4 is 22.5 Å². The molecule has 20 heavy (non-hydrogen) atoms. The van der Waals surface area contributed by atoms with Crippen LogP contribution in [0.1, 0.15) is 19.2 Å². The second-order valence-electron chi connectivity index (χ2n) is 4.86. The van der Waals surface area contributed by atoms with Gasteiger partial charge in [0, 0.05) is 50.3 Å². The van der Waals surface area contributed by atoms with Gasteiger partial charge in [-0.2, -0.15) is 4.37 Å². The summed E-state index contributed by atoms with van der Waals surface area (Å²) < 4.78 is 4.38. The smallest absolute Gasteiger partial charge is 0.205 e. The third-order valence-electron chi connectivity index (χ3n) is 3.51. The van der Waals surface area contributed by atoms with Gasteiger partial charge >= 0.3 is 0 Å². The molecule has 6 heteroatoms. The fourth-order valence-electron chi connectivity index (χ4n) is 2.40. The third kappa shape index (κ3) is 2.90. The number of hydrogen-bond donors (Lipinski definition) is 0. The second-order valence-corrected chi connectivity index (χ2v) is 5.59. The van der Waals surface area contributed by atoms with Crippen LogP contribution in [-0.2, 0) is 6.42 Å². The topological polar surface area (TPSA) is 45.2 Å². The average Bonchev–Trinajstić information content (AvgIpc) is 2.85. The van der Waals surface area contributed by atoms with Gasteiger partial charge in [-0.05, 0) is 18.6 Å². The van der Waals surface area contributed by atoms with Crippen LogP contribution >= 0.6 is 11.5 Å². The lowest BCUT2D eigenvalue weighted by Gasteiger charge is -2.22. The van der Waals surface area contributed by atoms with E-state index >= 15 is 0 Å². The molecule has 106 valence electrons. The summed E-state index contributed by atoms with van der Waals surface area (Å²) in [5.41, 5.74) is 0. The van der Waals surface area contributed by atoms with E-state index in [-0.39, 0.29) is 0 Å². The molecular weight excluding hydrogens is 270 g/mol. The van der Waals surface area contributed by atoms with Crippen molar-refractivity contribution in [3.05, 3.63) is 30.2 Å². The number of aromatic nitrogens is 3. The molecule has 1 aliphatic rings. The van der Waals surface area contributed by atoms with Gasteiger partial charge in [-0.15, -0.1) is 0 Å². The van der Waals surface area contributed by atoms with Gasteiger partial charge in [-0.25, -0.2) is 9.97 Å². The number of hydrogen-bond acceptors (Lipinski definition) is 6. The van der Waals surface area contributed by atoms with Crippen molar-refractivity contribution in [1.82, 2.24) is 14.3 Å². The van der Waals surface area contributed by atoms with Crippen LogP contribution in [0.3, 0.4) is 0 Å². The SMILES string of the molecule is CCc1nsc(N2CCCN(c3ccccn3)CC2)n1. The van der Waals surface area contributed by atoms with Crippen molar-refractivity contribution in [2.45, 2.75) is 19.8 Å². The zero-order valence-electron chi connectivity index (χ0n) is 11.7. The van der Waals surface area contributed by atoms with Gasteiger partial charge in [0.15, 0.2) is 0 Å². The van der Waals surface area contributed by atoms with Crippen molar-refractivity contribution in [2.24, 2.45) is 0 Å². The maximum absolute atomic E-state index is 4.59. The van der Waals surface area contributed by atoms with E-state index in [1.54, 1.807) is 0 Å². The average molecular weight is 289 g/mol. The largest absolute Gasteiger partial charge is 0.355 e. The highest BCUT2D eigenvalue weighted by Crippen LogP contribution is 2.20. The van der Waals surface area contributed by atoms with Gasteiger partial charge < -0.3 is 9.80 Å². The van der Waals surface area contributed by atoms with Crippen molar-refractivity contribution in [3.63, 3.8) is 0 Å². The van der Waals surface area contributed by atoms with Crippen LogP contribution in [-0.4, -0.2) is 40.5 Å². The summed E-state index contributed by atoms with van der Waals surface area (Å²) in [6.45, 7) is 6.15. The fraction of sp³-hybridized carbons (Fsp3) is 0.500. The molecule has 5 nitrogen and oxygen atoms in total. The Morgan fingerprint density at radius 3 is 2.75 bits per heavy atom. The molecule has 0 aromatic carbocycles. The van der Waals surface area contributed by atoms with E-state index in [1.807, 2.05) is 18.3 Å². The van der Waals surface area contributed by atoms with Crippen LogP contribution in [0.4, 0.5) is 10.9 Å². The summed E-state index contributed by atoms with van der Waals surface area (Å²) in [6.07, 6.45) is 3.89. The lowest BCUT2D eigenvalue weighted by atomic mass is 10.3. The predicted octanol–water partition coefficient (Wildman–Crippen LogP) is 2.21. The molecule has 0 bridgehead atoms. The number of nitrogens with zero attached hydrogens (tertiary/aromatic N) is 5. The Balaban J connectivity index is 1.67. The Morgan fingerprint density at radius 1 is 1.15 bits per heavy atom. The highest BCUT2D eigenvalue weighted by atomic mass is 32.1. The molecule has 0 N–H and O–H groups in total. The number of rotatable bonds is 3. The summed E-state index contributed by atoms with van der Waals surface area (Å²) in [6, 6.07) is 6.08. The zero-order valence-corrected chi connectivity index (χ0v) is 12.5. The number of aryl methyl sites for hydroxylation is 1. The molecule has 0 radical (unpaired) electrons. The summed E-state index contributed by atoms with van der Waals surface area (Å²) in [4.78, 5) is 13.7. The molecule has 2 aromatic heterocycles. The van der Waals surface area contributed by atoms with Crippen LogP contribution in [0.15, 0.2) is 24.4 Å².